The molecular formula is C12H22N2O2S. The average molecular weight is 258 g/mol. The smallest absolute Gasteiger partial charge is 0.212 e. The third-order valence-electron chi connectivity index (χ3n) is 3.45. The zero-order valence-corrected chi connectivity index (χ0v) is 11.5. The fourth-order valence-electron chi connectivity index (χ4n) is 2.01. The van der Waals surface area contributed by atoms with Crippen molar-refractivity contribution in [1.82, 2.24) is 4.31 Å². The highest BCUT2D eigenvalue weighted by Gasteiger charge is 2.25. The van der Waals surface area contributed by atoms with Crippen LogP contribution in [0, 0.1) is 23.2 Å². The van der Waals surface area contributed by atoms with E-state index < -0.39 is 10.0 Å². The van der Waals surface area contributed by atoms with Gasteiger partial charge in [0.25, 0.3) is 0 Å². The minimum Gasteiger partial charge on any atom is -0.212 e. The summed E-state index contributed by atoms with van der Waals surface area (Å²) in [5.41, 5.74) is 0. The molecule has 1 rings (SSSR count). The maximum Gasteiger partial charge on any atom is 0.214 e. The lowest BCUT2D eigenvalue weighted by Crippen LogP contribution is -2.36. The van der Waals surface area contributed by atoms with E-state index in [2.05, 4.69) is 6.07 Å². The van der Waals surface area contributed by atoms with Gasteiger partial charge in [-0.1, -0.05) is 26.2 Å². The lowest BCUT2D eigenvalue weighted by Gasteiger charge is -2.27. The van der Waals surface area contributed by atoms with Gasteiger partial charge in [0.2, 0.25) is 10.0 Å². The maximum atomic E-state index is 12.1. The molecule has 1 saturated carbocycles. The first-order chi connectivity index (χ1) is 7.99. The molecule has 98 valence electrons. The Morgan fingerprint density at radius 1 is 1.47 bits per heavy atom. The van der Waals surface area contributed by atoms with Crippen molar-refractivity contribution in [3.8, 4) is 6.07 Å². The van der Waals surface area contributed by atoms with Crippen LogP contribution in [-0.4, -0.2) is 31.6 Å². The molecule has 0 heterocycles. The number of hydrogen-bond donors (Lipinski definition) is 0. The highest BCUT2D eigenvalue weighted by atomic mass is 32.2. The first-order valence-electron chi connectivity index (χ1n) is 6.37. The van der Waals surface area contributed by atoms with Gasteiger partial charge in [-0.2, -0.15) is 5.26 Å². The summed E-state index contributed by atoms with van der Waals surface area (Å²) in [6, 6.07) is 2.08. The van der Waals surface area contributed by atoms with E-state index in [1.54, 1.807) is 6.92 Å². The van der Waals surface area contributed by atoms with Gasteiger partial charge < -0.3 is 0 Å². The molecule has 0 saturated heterocycles. The van der Waals surface area contributed by atoms with Crippen molar-refractivity contribution in [2.24, 2.45) is 11.8 Å². The second kappa shape index (κ2) is 6.36. The van der Waals surface area contributed by atoms with Crippen molar-refractivity contribution in [1.29, 1.82) is 5.26 Å². The summed E-state index contributed by atoms with van der Waals surface area (Å²) in [6.45, 7) is 4.36. The molecule has 0 radical (unpaired) electrons. The van der Waals surface area contributed by atoms with Crippen LogP contribution in [-0.2, 0) is 10.0 Å². The summed E-state index contributed by atoms with van der Waals surface area (Å²) in [5.74, 6) is 0.606. The summed E-state index contributed by atoms with van der Waals surface area (Å²) < 4.78 is 25.6. The maximum absolute atomic E-state index is 12.1. The molecule has 0 bridgehead atoms. The molecule has 1 unspecified atom stereocenters. The zero-order valence-electron chi connectivity index (χ0n) is 10.7. The molecule has 0 aromatic carbocycles. The molecule has 17 heavy (non-hydrogen) atoms. The molecule has 0 aromatic heterocycles. The Hall–Kier alpha value is -0.600. The molecule has 0 aromatic rings. The zero-order chi connectivity index (χ0) is 12.9. The lowest BCUT2D eigenvalue weighted by atomic mass is 9.84. The van der Waals surface area contributed by atoms with Crippen LogP contribution >= 0.6 is 0 Å². The Morgan fingerprint density at radius 3 is 2.53 bits per heavy atom. The van der Waals surface area contributed by atoms with Crippen LogP contribution in [0.3, 0.4) is 0 Å². The SMILES string of the molecule is CCN(CC(C)C#N)S(=O)(=O)CCC1CCC1. The first-order valence-corrected chi connectivity index (χ1v) is 7.98. The van der Waals surface area contributed by atoms with Gasteiger partial charge in [0.05, 0.1) is 17.7 Å². The molecule has 4 nitrogen and oxygen atoms in total. The molecule has 1 atom stereocenters. The van der Waals surface area contributed by atoms with Gasteiger partial charge in [0.15, 0.2) is 0 Å². The molecule has 0 aliphatic heterocycles. The second-order valence-corrected chi connectivity index (χ2v) is 6.97. The summed E-state index contributed by atoms with van der Waals surface area (Å²) in [6.07, 6.45) is 4.37. The Bertz CT molecular complexity index is 368. The van der Waals surface area contributed by atoms with Gasteiger partial charge in [-0.15, -0.1) is 0 Å². The van der Waals surface area contributed by atoms with Crippen LogP contribution < -0.4 is 0 Å². The normalized spacial score (nSPS) is 18.7. The standard InChI is InChI=1S/C12H22N2O2S/c1-3-14(10-11(2)9-13)17(15,16)8-7-12-5-4-6-12/h11-12H,3-8,10H2,1-2H3. The number of hydrogen-bond acceptors (Lipinski definition) is 3. The predicted octanol–water partition coefficient (Wildman–Crippen LogP) is 1.99. The monoisotopic (exact) mass is 258 g/mol. The quantitative estimate of drug-likeness (QED) is 0.701. The highest BCUT2D eigenvalue weighted by Crippen LogP contribution is 2.30. The van der Waals surface area contributed by atoms with E-state index in [9.17, 15) is 8.42 Å². The van der Waals surface area contributed by atoms with Crippen LogP contribution in [0.15, 0.2) is 0 Å². The van der Waals surface area contributed by atoms with Gasteiger partial charge in [-0.3, -0.25) is 0 Å². The third-order valence-corrected chi connectivity index (χ3v) is 5.40. The number of sulfonamides is 1. The van der Waals surface area contributed by atoms with Crippen LogP contribution in [0.5, 0.6) is 0 Å². The summed E-state index contributed by atoms with van der Waals surface area (Å²) in [7, 11) is -3.17. The molecule has 1 aliphatic rings. The summed E-state index contributed by atoms with van der Waals surface area (Å²) in [4.78, 5) is 0. The van der Waals surface area contributed by atoms with Crippen molar-refractivity contribution in [3.05, 3.63) is 0 Å². The van der Waals surface area contributed by atoms with Crippen LogP contribution in [0.1, 0.15) is 39.5 Å². The van der Waals surface area contributed by atoms with Crippen LogP contribution in [0.2, 0.25) is 0 Å². The largest absolute Gasteiger partial charge is 0.214 e. The van der Waals surface area contributed by atoms with E-state index in [-0.39, 0.29) is 11.7 Å². The van der Waals surface area contributed by atoms with Gasteiger partial charge in [0, 0.05) is 13.1 Å². The molecule has 1 aliphatic carbocycles. The van der Waals surface area contributed by atoms with E-state index in [1.165, 1.54) is 23.6 Å². The Kier molecular flexibility index (Phi) is 5.41. The number of nitriles is 1. The van der Waals surface area contributed by atoms with Crippen LogP contribution in [0.4, 0.5) is 0 Å². The van der Waals surface area contributed by atoms with Crippen molar-refractivity contribution in [3.63, 3.8) is 0 Å². The third kappa shape index (κ3) is 4.29. The van der Waals surface area contributed by atoms with Crippen molar-refractivity contribution in [2.45, 2.75) is 39.5 Å². The Labute approximate surface area is 105 Å². The van der Waals surface area contributed by atoms with Gasteiger partial charge in [0.1, 0.15) is 0 Å². The lowest BCUT2D eigenvalue weighted by molar-refractivity contribution is 0.304. The number of nitrogens with zero attached hydrogens (tertiary/aromatic N) is 2. The topological polar surface area (TPSA) is 61.2 Å². The molecular weight excluding hydrogens is 236 g/mol. The van der Waals surface area contributed by atoms with Crippen LogP contribution in [0.25, 0.3) is 0 Å². The Morgan fingerprint density at radius 2 is 2.12 bits per heavy atom. The highest BCUT2D eigenvalue weighted by molar-refractivity contribution is 7.89. The molecule has 0 spiro atoms. The summed E-state index contributed by atoms with van der Waals surface area (Å²) >= 11 is 0. The van der Waals surface area contributed by atoms with Gasteiger partial charge in [-0.25, -0.2) is 12.7 Å². The average Bonchev–Trinajstić information content (AvgIpc) is 2.22. The van der Waals surface area contributed by atoms with Gasteiger partial charge >= 0.3 is 0 Å². The van der Waals surface area contributed by atoms with Crippen molar-refractivity contribution in [2.75, 3.05) is 18.8 Å². The predicted molar refractivity (Wildman–Crippen MR) is 67.8 cm³/mol. The minimum absolute atomic E-state index is 0.240. The molecule has 0 N–H and O–H groups in total. The first kappa shape index (κ1) is 14.5. The van der Waals surface area contributed by atoms with E-state index in [0.29, 0.717) is 19.0 Å². The minimum atomic E-state index is -3.17. The molecule has 0 amide bonds. The van der Waals surface area contributed by atoms with E-state index >= 15 is 0 Å². The fraction of sp³-hybridized carbons (Fsp3) is 0.917. The molecule has 5 heteroatoms. The van der Waals surface area contributed by atoms with E-state index in [4.69, 9.17) is 5.26 Å². The van der Waals surface area contributed by atoms with E-state index in [0.717, 1.165) is 6.42 Å². The van der Waals surface area contributed by atoms with Crippen molar-refractivity contribution >= 4 is 10.0 Å². The Balaban J connectivity index is 2.49. The fourth-order valence-corrected chi connectivity index (χ4v) is 3.75. The summed E-state index contributed by atoms with van der Waals surface area (Å²) in [5, 5.41) is 8.74. The molecule has 1 fully saturated rings. The van der Waals surface area contributed by atoms with E-state index in [1.807, 2.05) is 6.92 Å². The second-order valence-electron chi connectivity index (χ2n) is 4.88. The van der Waals surface area contributed by atoms with Crippen molar-refractivity contribution < 1.29 is 8.42 Å². The number of rotatable bonds is 7. The van der Waals surface area contributed by atoms with Gasteiger partial charge in [-0.05, 0) is 19.3 Å².